The summed E-state index contributed by atoms with van der Waals surface area (Å²) in [5, 5.41) is 1.88. The number of esters is 2. The summed E-state index contributed by atoms with van der Waals surface area (Å²) in [4.78, 5) is 44.4. The molecule has 0 bridgehead atoms. The second-order valence-electron chi connectivity index (χ2n) is 9.94. The molecule has 5 rings (SSSR count). The van der Waals surface area contributed by atoms with E-state index in [0.717, 1.165) is 22.1 Å². The Morgan fingerprint density at radius 3 is 2.33 bits per heavy atom. The van der Waals surface area contributed by atoms with Crippen molar-refractivity contribution >= 4 is 40.1 Å². The molecular weight excluding hydrogens is 596 g/mol. The lowest BCUT2D eigenvalue weighted by Gasteiger charge is -2.25. The largest absolute Gasteiger partial charge is 0.493 e. The van der Waals surface area contributed by atoms with E-state index in [1.165, 1.54) is 23.0 Å². The van der Waals surface area contributed by atoms with E-state index in [-0.39, 0.29) is 24.3 Å². The van der Waals surface area contributed by atoms with Crippen molar-refractivity contribution in [3.63, 3.8) is 0 Å². The van der Waals surface area contributed by atoms with Gasteiger partial charge in [-0.15, -0.1) is 0 Å². The Morgan fingerprint density at radius 2 is 1.62 bits per heavy atom. The Kier molecular flexibility index (Phi) is 9.68. The fourth-order valence-electron chi connectivity index (χ4n) is 5.23. The molecule has 0 N–H and O–H groups in total. The summed E-state index contributed by atoms with van der Waals surface area (Å²) in [5.74, 6) is 0.320. The number of thiazole rings is 1. The zero-order valence-corrected chi connectivity index (χ0v) is 26.6. The van der Waals surface area contributed by atoms with Crippen molar-refractivity contribution in [3.05, 3.63) is 96.7 Å². The monoisotopic (exact) mass is 630 g/mol. The summed E-state index contributed by atoms with van der Waals surface area (Å²) >= 11 is 1.24. The highest BCUT2D eigenvalue weighted by molar-refractivity contribution is 7.07. The van der Waals surface area contributed by atoms with Crippen LogP contribution in [-0.2, 0) is 19.1 Å². The third-order valence-electron chi connectivity index (χ3n) is 7.18. The number of carbonyl (C=O) groups is 2. The van der Waals surface area contributed by atoms with Gasteiger partial charge in [-0.3, -0.25) is 9.36 Å². The first-order chi connectivity index (χ1) is 21.8. The van der Waals surface area contributed by atoms with Crippen molar-refractivity contribution in [3.8, 4) is 17.2 Å². The van der Waals surface area contributed by atoms with E-state index in [2.05, 4.69) is 9.73 Å². The molecule has 45 heavy (non-hydrogen) atoms. The topological polar surface area (TPSA) is 115 Å². The molecule has 0 amide bonds. The van der Waals surface area contributed by atoms with Gasteiger partial charge in [-0.05, 0) is 68.5 Å². The lowest BCUT2D eigenvalue weighted by molar-refractivity contribution is -0.143. The van der Waals surface area contributed by atoms with Crippen LogP contribution in [0.1, 0.15) is 44.9 Å². The number of hydrogen-bond acceptors (Lipinski definition) is 10. The molecule has 0 spiro atoms. The van der Waals surface area contributed by atoms with Crippen LogP contribution < -0.4 is 29.1 Å². The zero-order valence-electron chi connectivity index (χ0n) is 25.7. The van der Waals surface area contributed by atoms with Gasteiger partial charge >= 0.3 is 11.9 Å². The lowest BCUT2D eigenvalue weighted by atomic mass is 9.95. The van der Waals surface area contributed by atoms with Gasteiger partial charge in [0.05, 0.1) is 48.8 Å². The minimum absolute atomic E-state index is 0.155. The highest BCUT2D eigenvalue weighted by Crippen LogP contribution is 2.36. The van der Waals surface area contributed by atoms with Crippen molar-refractivity contribution in [2.24, 2.45) is 4.99 Å². The lowest BCUT2D eigenvalue weighted by Crippen LogP contribution is -2.40. The highest BCUT2D eigenvalue weighted by atomic mass is 32.1. The maximum absolute atomic E-state index is 14.2. The minimum Gasteiger partial charge on any atom is -0.493 e. The van der Waals surface area contributed by atoms with Crippen molar-refractivity contribution in [1.82, 2.24) is 4.57 Å². The summed E-state index contributed by atoms with van der Waals surface area (Å²) in [6.45, 7) is 7.91. The summed E-state index contributed by atoms with van der Waals surface area (Å²) in [6.07, 6.45) is 1.84. The van der Waals surface area contributed by atoms with Crippen molar-refractivity contribution in [2.45, 2.75) is 33.7 Å². The Labute approximate surface area is 263 Å². The van der Waals surface area contributed by atoms with Crippen LogP contribution in [0, 0.1) is 0 Å². The van der Waals surface area contributed by atoms with Crippen molar-refractivity contribution in [1.29, 1.82) is 0 Å². The van der Waals surface area contributed by atoms with E-state index < -0.39 is 18.0 Å². The van der Waals surface area contributed by atoms with Gasteiger partial charge in [0.1, 0.15) is 5.75 Å². The Balaban J connectivity index is 1.69. The Bertz CT molecular complexity index is 1970. The van der Waals surface area contributed by atoms with Gasteiger partial charge in [-0.1, -0.05) is 47.7 Å². The normalized spacial score (nSPS) is 14.5. The van der Waals surface area contributed by atoms with Gasteiger partial charge in [0.2, 0.25) is 0 Å². The number of rotatable bonds is 11. The van der Waals surface area contributed by atoms with E-state index in [9.17, 15) is 14.4 Å². The summed E-state index contributed by atoms with van der Waals surface area (Å²) in [7, 11) is 1.28. The summed E-state index contributed by atoms with van der Waals surface area (Å²) in [6, 6.07) is 15.9. The molecule has 0 saturated carbocycles. The summed E-state index contributed by atoms with van der Waals surface area (Å²) < 4.78 is 29.4. The minimum atomic E-state index is -0.853. The van der Waals surface area contributed by atoms with Crippen molar-refractivity contribution in [2.75, 3.05) is 33.5 Å². The van der Waals surface area contributed by atoms with E-state index >= 15 is 0 Å². The van der Waals surface area contributed by atoms with Crippen LogP contribution in [0.3, 0.4) is 0 Å². The standard InChI is InChI=1S/C34H34N2O8S/c1-6-41-25-15-13-21(23-11-9-10-12-24(23)25)18-28-32(38)36-31(30(33(39)43-8-3)20(4)35-34(36)45-28)22-14-16-26(27(17-22)42-7-2)44-19-29(37)40-5/h9-18,31H,6-8,19H2,1-5H3/b28-18-/t31-/m0/s1. The quantitative estimate of drug-likeness (QED) is 0.226. The van der Waals surface area contributed by atoms with Crippen molar-refractivity contribution < 1.29 is 33.3 Å². The third-order valence-corrected chi connectivity index (χ3v) is 8.16. The molecule has 1 aromatic heterocycles. The first-order valence-electron chi connectivity index (χ1n) is 14.6. The van der Waals surface area contributed by atoms with E-state index in [4.69, 9.17) is 18.9 Å². The Morgan fingerprint density at radius 1 is 0.911 bits per heavy atom. The van der Waals surface area contributed by atoms with Crippen LogP contribution in [0.5, 0.6) is 17.2 Å². The van der Waals surface area contributed by atoms with Crippen LogP contribution in [0.2, 0.25) is 0 Å². The van der Waals surface area contributed by atoms with Gasteiger partial charge in [-0.2, -0.15) is 0 Å². The van der Waals surface area contributed by atoms with E-state index in [1.54, 1.807) is 32.0 Å². The number of nitrogens with zero attached hydrogens (tertiary/aromatic N) is 2. The maximum atomic E-state index is 14.2. The molecule has 10 nitrogen and oxygen atoms in total. The number of fused-ring (bicyclic) bond motifs is 2. The van der Waals surface area contributed by atoms with Crippen LogP contribution in [0.25, 0.3) is 16.8 Å². The first-order valence-corrected chi connectivity index (χ1v) is 15.4. The molecule has 2 heterocycles. The first kappa shape index (κ1) is 31.5. The second-order valence-corrected chi connectivity index (χ2v) is 10.9. The average Bonchev–Trinajstić information content (AvgIpc) is 3.34. The molecule has 0 radical (unpaired) electrons. The van der Waals surface area contributed by atoms with Crippen LogP contribution in [0.4, 0.5) is 0 Å². The van der Waals surface area contributed by atoms with Gasteiger partial charge in [0.25, 0.3) is 5.56 Å². The molecular formula is C34H34N2O8S. The van der Waals surface area contributed by atoms with E-state index in [1.807, 2.05) is 56.3 Å². The third kappa shape index (κ3) is 6.34. The summed E-state index contributed by atoms with van der Waals surface area (Å²) in [5.41, 5.74) is 1.82. The fourth-order valence-corrected chi connectivity index (χ4v) is 6.27. The van der Waals surface area contributed by atoms with Gasteiger partial charge in [0, 0.05) is 5.39 Å². The predicted molar refractivity (Wildman–Crippen MR) is 171 cm³/mol. The SMILES string of the molecule is CCOC(=O)C1=C(C)N=c2s/c(=C\c3ccc(OCC)c4ccccc34)c(=O)n2[C@H]1c1ccc(OCC(=O)OC)c(OCC)c1. The smallest absolute Gasteiger partial charge is 0.343 e. The molecule has 1 atom stereocenters. The molecule has 234 valence electrons. The number of allylic oxidation sites excluding steroid dienone is 1. The number of benzene rings is 3. The molecule has 1 aliphatic rings. The Hall–Kier alpha value is -4.90. The molecule has 0 fully saturated rings. The average molecular weight is 631 g/mol. The second kappa shape index (κ2) is 13.8. The molecule has 0 saturated heterocycles. The zero-order chi connectivity index (χ0) is 32.1. The maximum Gasteiger partial charge on any atom is 0.343 e. The molecule has 3 aromatic carbocycles. The molecule has 4 aromatic rings. The highest BCUT2D eigenvalue weighted by Gasteiger charge is 2.34. The number of ether oxygens (including phenoxy) is 5. The van der Waals surface area contributed by atoms with Crippen LogP contribution in [0.15, 0.2) is 75.7 Å². The molecule has 0 unspecified atom stereocenters. The fraction of sp³-hybridized carbons (Fsp3) is 0.294. The van der Waals surface area contributed by atoms with Crippen LogP contribution in [-0.4, -0.2) is 50.0 Å². The number of carbonyl (C=O) groups excluding carboxylic acids is 2. The van der Waals surface area contributed by atoms with Crippen LogP contribution >= 0.6 is 11.3 Å². The van der Waals surface area contributed by atoms with Gasteiger partial charge in [0.15, 0.2) is 22.9 Å². The predicted octanol–water partition coefficient (Wildman–Crippen LogP) is 4.30. The van der Waals surface area contributed by atoms with E-state index in [0.29, 0.717) is 45.3 Å². The van der Waals surface area contributed by atoms with Gasteiger partial charge < -0.3 is 23.7 Å². The molecule has 1 aliphatic heterocycles. The number of hydrogen-bond donors (Lipinski definition) is 0. The van der Waals surface area contributed by atoms with Gasteiger partial charge in [-0.25, -0.2) is 14.6 Å². The number of aromatic nitrogens is 1. The molecule has 0 aliphatic carbocycles. The molecule has 11 heteroatoms. The number of methoxy groups -OCH3 is 1.